The molecule has 2 aromatic rings. The van der Waals surface area contributed by atoms with Gasteiger partial charge in [0, 0.05) is 17.1 Å². The maximum absolute atomic E-state index is 13.3. The van der Waals surface area contributed by atoms with Gasteiger partial charge in [0.1, 0.15) is 11.9 Å². The number of carbonyl (C=O) groups is 1. The van der Waals surface area contributed by atoms with Crippen LogP contribution in [0.4, 0.5) is 4.39 Å². The van der Waals surface area contributed by atoms with Crippen LogP contribution in [-0.4, -0.2) is 50.8 Å². The molecule has 0 saturated carbocycles. The summed E-state index contributed by atoms with van der Waals surface area (Å²) in [6, 6.07) is 10.8. The summed E-state index contributed by atoms with van der Waals surface area (Å²) < 4.78 is 46.4. The maximum atomic E-state index is 13.3. The van der Waals surface area contributed by atoms with Gasteiger partial charge in [-0.15, -0.1) is 0 Å². The van der Waals surface area contributed by atoms with Gasteiger partial charge in [-0.1, -0.05) is 17.7 Å². The molecule has 1 fully saturated rings. The predicted octanol–water partition coefficient (Wildman–Crippen LogP) is 2.49. The van der Waals surface area contributed by atoms with E-state index in [1.165, 1.54) is 42.5 Å². The summed E-state index contributed by atoms with van der Waals surface area (Å²) in [7, 11) is -3.66. The number of sulfonamides is 1. The zero-order chi connectivity index (χ0) is 22.4. The Morgan fingerprint density at radius 2 is 1.94 bits per heavy atom. The molecule has 2 aromatic carbocycles. The first-order valence-corrected chi connectivity index (χ1v) is 11.7. The molecule has 0 aliphatic carbocycles. The number of hydrogen-bond acceptors (Lipinski definition) is 5. The molecule has 7 nitrogen and oxygen atoms in total. The molecule has 0 aromatic heterocycles. The number of carbonyl (C=O) groups excluding carboxylic acids is 1. The van der Waals surface area contributed by atoms with Gasteiger partial charge in [-0.25, -0.2) is 17.5 Å². The second-order valence-electron chi connectivity index (χ2n) is 7.29. The van der Waals surface area contributed by atoms with Gasteiger partial charge < -0.3 is 15.2 Å². The summed E-state index contributed by atoms with van der Waals surface area (Å²) in [6.45, 7) is -0.144. The highest BCUT2D eigenvalue weighted by Crippen LogP contribution is 2.22. The lowest BCUT2D eigenvalue weighted by molar-refractivity contribution is -0.0891. The summed E-state index contributed by atoms with van der Waals surface area (Å²) in [6.07, 6.45) is 0.624. The van der Waals surface area contributed by atoms with Crippen molar-refractivity contribution in [2.75, 3.05) is 13.2 Å². The van der Waals surface area contributed by atoms with Gasteiger partial charge in [0.25, 0.3) is 5.91 Å². The van der Waals surface area contributed by atoms with Gasteiger partial charge in [-0.05, 0) is 61.7 Å². The van der Waals surface area contributed by atoms with Crippen LogP contribution in [0, 0.1) is 5.82 Å². The van der Waals surface area contributed by atoms with Gasteiger partial charge in [-0.3, -0.25) is 4.79 Å². The average molecular weight is 471 g/mol. The van der Waals surface area contributed by atoms with E-state index in [4.69, 9.17) is 16.3 Å². The van der Waals surface area contributed by atoms with Crippen LogP contribution in [0.5, 0.6) is 0 Å². The molecule has 1 saturated heterocycles. The van der Waals surface area contributed by atoms with E-state index in [0.29, 0.717) is 24.3 Å². The van der Waals surface area contributed by atoms with E-state index in [9.17, 15) is 22.7 Å². The second-order valence-corrected chi connectivity index (χ2v) is 9.49. The van der Waals surface area contributed by atoms with Gasteiger partial charge in [0.15, 0.2) is 0 Å². The Balaban J connectivity index is 1.50. The SMILES string of the molecule is O=C(N[C@H]1CC[C@H](CCNS(=O)(=O)c2ccc(Cl)cc2)O[C@H]1CO)c1cccc(F)c1. The van der Waals surface area contributed by atoms with Crippen molar-refractivity contribution < 1.29 is 27.4 Å². The number of aliphatic hydroxyl groups excluding tert-OH is 1. The van der Waals surface area contributed by atoms with Crippen LogP contribution in [0.3, 0.4) is 0 Å². The van der Waals surface area contributed by atoms with E-state index in [-0.39, 0.29) is 29.7 Å². The van der Waals surface area contributed by atoms with E-state index in [2.05, 4.69) is 10.0 Å². The Morgan fingerprint density at radius 3 is 2.61 bits per heavy atom. The van der Waals surface area contributed by atoms with Crippen LogP contribution in [0.25, 0.3) is 0 Å². The van der Waals surface area contributed by atoms with Crippen LogP contribution < -0.4 is 10.0 Å². The zero-order valence-corrected chi connectivity index (χ0v) is 18.2. The van der Waals surface area contributed by atoms with Crippen molar-refractivity contribution in [3.8, 4) is 0 Å². The Kier molecular flexibility index (Phi) is 8.01. The van der Waals surface area contributed by atoms with E-state index >= 15 is 0 Å². The molecule has 1 aliphatic heterocycles. The molecule has 1 aliphatic rings. The molecule has 0 unspecified atom stereocenters. The Labute approximate surface area is 185 Å². The molecule has 3 atom stereocenters. The van der Waals surface area contributed by atoms with Crippen LogP contribution >= 0.6 is 11.6 Å². The number of nitrogens with one attached hydrogen (secondary N) is 2. The molecule has 3 N–H and O–H groups in total. The summed E-state index contributed by atoms with van der Waals surface area (Å²) in [5.41, 5.74) is 0.190. The lowest BCUT2D eigenvalue weighted by Crippen LogP contribution is -2.51. The zero-order valence-electron chi connectivity index (χ0n) is 16.6. The molecule has 1 heterocycles. The molecule has 10 heteroatoms. The molecule has 0 bridgehead atoms. The highest BCUT2D eigenvalue weighted by Gasteiger charge is 2.32. The standard InChI is InChI=1S/C21H24ClFN2O5S/c22-15-4-7-18(8-5-15)31(28,29)24-11-10-17-6-9-19(20(13-26)30-17)25-21(27)14-2-1-3-16(23)12-14/h1-5,7-8,12,17,19-20,24,26H,6,9-11,13H2,(H,25,27)/t17-,19+,20+/m1/s1. The van der Waals surface area contributed by atoms with Crippen molar-refractivity contribution in [3.05, 3.63) is 64.9 Å². The van der Waals surface area contributed by atoms with Gasteiger partial charge in [0.05, 0.1) is 23.6 Å². The minimum atomic E-state index is -3.66. The van der Waals surface area contributed by atoms with Gasteiger partial charge >= 0.3 is 0 Å². The maximum Gasteiger partial charge on any atom is 0.251 e. The molecule has 3 rings (SSSR count). The summed E-state index contributed by atoms with van der Waals surface area (Å²) in [5.74, 6) is -0.951. The summed E-state index contributed by atoms with van der Waals surface area (Å²) >= 11 is 5.78. The van der Waals surface area contributed by atoms with Crippen molar-refractivity contribution >= 4 is 27.5 Å². The fraction of sp³-hybridized carbons (Fsp3) is 0.381. The van der Waals surface area contributed by atoms with Crippen LogP contribution in [0.2, 0.25) is 5.02 Å². The minimum absolute atomic E-state index is 0.120. The van der Waals surface area contributed by atoms with Crippen molar-refractivity contribution in [2.24, 2.45) is 0 Å². The molecule has 31 heavy (non-hydrogen) atoms. The topological polar surface area (TPSA) is 105 Å². The van der Waals surface area contributed by atoms with E-state index < -0.39 is 33.9 Å². The lowest BCUT2D eigenvalue weighted by Gasteiger charge is -2.36. The second kappa shape index (κ2) is 10.5. The Hall–Kier alpha value is -2.04. The highest BCUT2D eigenvalue weighted by atomic mass is 35.5. The van der Waals surface area contributed by atoms with E-state index in [1.54, 1.807) is 0 Å². The molecular formula is C21H24ClFN2O5S. The van der Waals surface area contributed by atoms with Gasteiger partial charge in [0.2, 0.25) is 10.0 Å². The van der Waals surface area contributed by atoms with Crippen molar-refractivity contribution in [3.63, 3.8) is 0 Å². The summed E-state index contributed by atoms with van der Waals surface area (Å²) in [5, 5.41) is 12.9. The number of rotatable bonds is 8. The minimum Gasteiger partial charge on any atom is -0.394 e. The number of hydrogen-bond donors (Lipinski definition) is 3. The largest absolute Gasteiger partial charge is 0.394 e. The molecule has 1 amide bonds. The molecule has 0 radical (unpaired) electrons. The lowest BCUT2D eigenvalue weighted by atomic mass is 9.97. The quantitative estimate of drug-likeness (QED) is 0.549. The first-order valence-electron chi connectivity index (χ1n) is 9.86. The van der Waals surface area contributed by atoms with E-state index in [0.717, 1.165) is 6.07 Å². The fourth-order valence-electron chi connectivity index (χ4n) is 3.44. The number of benzene rings is 2. The number of ether oxygens (including phenoxy) is 1. The smallest absolute Gasteiger partial charge is 0.251 e. The highest BCUT2D eigenvalue weighted by molar-refractivity contribution is 7.89. The Morgan fingerprint density at radius 1 is 1.19 bits per heavy atom. The van der Waals surface area contributed by atoms with Crippen LogP contribution in [0.1, 0.15) is 29.6 Å². The predicted molar refractivity (Wildman–Crippen MR) is 114 cm³/mol. The molecule has 0 spiro atoms. The van der Waals surface area contributed by atoms with E-state index in [1.807, 2.05) is 0 Å². The Bertz CT molecular complexity index is 1000. The van der Waals surface area contributed by atoms with Crippen molar-refractivity contribution in [1.82, 2.24) is 10.0 Å². The number of amides is 1. The monoisotopic (exact) mass is 470 g/mol. The van der Waals surface area contributed by atoms with Crippen molar-refractivity contribution in [2.45, 2.75) is 42.4 Å². The van der Waals surface area contributed by atoms with Crippen LogP contribution in [-0.2, 0) is 14.8 Å². The molecule has 168 valence electrons. The number of halogens is 2. The number of aliphatic hydroxyl groups is 1. The molecular weight excluding hydrogens is 447 g/mol. The van der Waals surface area contributed by atoms with Crippen molar-refractivity contribution in [1.29, 1.82) is 0 Å². The third-order valence-corrected chi connectivity index (χ3v) is 6.81. The summed E-state index contributed by atoms with van der Waals surface area (Å²) in [4.78, 5) is 12.5. The van der Waals surface area contributed by atoms with Crippen LogP contribution in [0.15, 0.2) is 53.4 Å². The first kappa shape index (κ1) is 23.6. The fourth-order valence-corrected chi connectivity index (χ4v) is 4.62. The third kappa shape index (κ3) is 6.47. The normalized spacial score (nSPS) is 21.6. The average Bonchev–Trinajstić information content (AvgIpc) is 2.74. The van der Waals surface area contributed by atoms with Gasteiger partial charge in [-0.2, -0.15) is 0 Å². The first-order chi connectivity index (χ1) is 14.8. The third-order valence-electron chi connectivity index (χ3n) is 5.08.